The van der Waals surface area contributed by atoms with Gasteiger partial charge in [0.2, 0.25) is 0 Å². The third kappa shape index (κ3) is 5.02. The summed E-state index contributed by atoms with van der Waals surface area (Å²) in [6, 6.07) is 16.4. The van der Waals surface area contributed by atoms with Crippen LogP contribution in [0, 0.1) is 0 Å². The Bertz CT molecular complexity index is 1330. The molecule has 0 aliphatic carbocycles. The summed E-state index contributed by atoms with van der Waals surface area (Å²) in [5.41, 5.74) is 0.840. The number of carbonyl (C=O) groups is 1. The first-order chi connectivity index (χ1) is 14.8. The van der Waals surface area contributed by atoms with Gasteiger partial charge in [-0.15, -0.1) is 11.3 Å². The van der Waals surface area contributed by atoms with E-state index in [0.29, 0.717) is 5.75 Å². The Labute approximate surface area is 196 Å². The Balaban J connectivity index is 1.50. The molecule has 11 heteroatoms. The van der Waals surface area contributed by atoms with E-state index in [2.05, 4.69) is 4.98 Å². The van der Waals surface area contributed by atoms with E-state index in [9.17, 15) is 13.2 Å². The van der Waals surface area contributed by atoms with Crippen LogP contribution in [0.3, 0.4) is 0 Å². The van der Waals surface area contributed by atoms with Gasteiger partial charge in [0.05, 0.1) is 15.9 Å². The van der Waals surface area contributed by atoms with Crippen molar-refractivity contribution in [1.29, 1.82) is 0 Å². The Morgan fingerprint density at radius 1 is 1.13 bits per heavy atom. The van der Waals surface area contributed by atoms with E-state index in [-0.39, 0.29) is 13.6 Å². The molecule has 1 amide bonds. The molecule has 0 aliphatic heterocycles. The lowest BCUT2D eigenvalue weighted by Crippen LogP contribution is -2.34. The predicted molar refractivity (Wildman–Crippen MR) is 124 cm³/mol. The fraction of sp³-hybridized carbons (Fsp3) is 0.0500. The standard InChI is InChI=1S/C20H14Cl2N2O4S3/c21-13-9-18(30-20(13)22)31(26,27)24-17(25)11-28-15-8-4-7-14-19(15)16(10-23-14)29-12-5-2-1-3-6-12/h1-10,23H,11H2,(H,24,25). The molecule has 2 N–H and O–H groups in total. The molecule has 160 valence electrons. The van der Waals surface area contributed by atoms with Crippen molar-refractivity contribution in [2.75, 3.05) is 6.61 Å². The van der Waals surface area contributed by atoms with Crippen LogP contribution in [0.4, 0.5) is 0 Å². The van der Waals surface area contributed by atoms with Crippen molar-refractivity contribution in [2.24, 2.45) is 0 Å². The number of fused-ring (bicyclic) bond motifs is 1. The largest absolute Gasteiger partial charge is 0.483 e. The summed E-state index contributed by atoms with van der Waals surface area (Å²) in [5, 5.41) is 0.919. The molecule has 0 fully saturated rings. The maximum absolute atomic E-state index is 12.3. The van der Waals surface area contributed by atoms with Gasteiger partial charge in [-0.05, 0) is 30.3 Å². The number of aromatic nitrogens is 1. The maximum atomic E-state index is 12.3. The van der Waals surface area contributed by atoms with Crippen molar-refractivity contribution in [3.63, 3.8) is 0 Å². The lowest BCUT2D eigenvalue weighted by Gasteiger charge is -2.09. The van der Waals surface area contributed by atoms with Crippen LogP contribution in [0.5, 0.6) is 5.75 Å². The van der Waals surface area contributed by atoms with Crippen molar-refractivity contribution in [1.82, 2.24) is 9.71 Å². The number of nitrogens with one attached hydrogen (secondary N) is 2. The molecule has 6 nitrogen and oxygen atoms in total. The number of hydrogen-bond acceptors (Lipinski definition) is 6. The van der Waals surface area contributed by atoms with Crippen LogP contribution < -0.4 is 9.46 Å². The molecule has 2 aromatic carbocycles. The normalized spacial score (nSPS) is 11.5. The number of halogens is 2. The van der Waals surface area contributed by atoms with Gasteiger partial charge < -0.3 is 9.72 Å². The number of hydrogen-bond donors (Lipinski definition) is 2. The van der Waals surface area contributed by atoms with Gasteiger partial charge in [-0.25, -0.2) is 13.1 Å². The molecular weight excluding hydrogens is 499 g/mol. The molecule has 0 unspecified atom stereocenters. The molecule has 2 heterocycles. The van der Waals surface area contributed by atoms with Crippen molar-refractivity contribution < 1.29 is 17.9 Å². The van der Waals surface area contributed by atoms with Crippen LogP contribution in [-0.2, 0) is 14.8 Å². The average Bonchev–Trinajstić information content (AvgIpc) is 3.31. The van der Waals surface area contributed by atoms with Crippen LogP contribution in [0.15, 0.2) is 74.8 Å². The lowest BCUT2D eigenvalue weighted by atomic mass is 10.2. The molecule has 0 atom stereocenters. The first kappa shape index (κ1) is 22.0. The highest BCUT2D eigenvalue weighted by Gasteiger charge is 2.22. The van der Waals surface area contributed by atoms with Gasteiger partial charge in [-0.1, -0.05) is 59.2 Å². The first-order valence-corrected chi connectivity index (χ1v) is 12.7. The number of carbonyl (C=O) groups excluding carboxylic acids is 1. The zero-order valence-electron chi connectivity index (χ0n) is 15.6. The minimum Gasteiger partial charge on any atom is -0.483 e. The molecule has 4 rings (SSSR count). The number of sulfonamides is 1. The Morgan fingerprint density at radius 2 is 1.90 bits per heavy atom. The van der Waals surface area contributed by atoms with Crippen LogP contribution in [-0.4, -0.2) is 25.9 Å². The second-order valence-corrected chi connectivity index (χ2v) is 11.3. The number of amides is 1. The molecule has 0 radical (unpaired) electrons. The van der Waals surface area contributed by atoms with E-state index in [1.54, 1.807) is 23.9 Å². The molecule has 4 aromatic rings. The number of thiophene rings is 1. The quantitative estimate of drug-likeness (QED) is 0.337. The van der Waals surface area contributed by atoms with Crippen LogP contribution in [0.1, 0.15) is 0 Å². The zero-order valence-corrected chi connectivity index (χ0v) is 19.6. The summed E-state index contributed by atoms with van der Waals surface area (Å²) in [7, 11) is -4.09. The van der Waals surface area contributed by atoms with Crippen molar-refractivity contribution in [3.8, 4) is 5.75 Å². The van der Waals surface area contributed by atoms with Gasteiger partial charge in [0.15, 0.2) is 6.61 Å². The van der Waals surface area contributed by atoms with Gasteiger partial charge in [0.1, 0.15) is 14.3 Å². The highest BCUT2D eigenvalue weighted by atomic mass is 35.5. The minimum absolute atomic E-state index is 0.110. The Kier molecular flexibility index (Phi) is 6.49. The van der Waals surface area contributed by atoms with E-state index >= 15 is 0 Å². The third-order valence-electron chi connectivity index (χ3n) is 4.10. The fourth-order valence-electron chi connectivity index (χ4n) is 2.77. The van der Waals surface area contributed by atoms with Gasteiger partial charge in [0, 0.05) is 16.0 Å². The molecule has 2 aromatic heterocycles. The molecule has 0 spiro atoms. The first-order valence-electron chi connectivity index (χ1n) is 8.80. The van der Waals surface area contributed by atoms with Gasteiger partial charge in [-0.2, -0.15) is 0 Å². The molecule has 0 saturated carbocycles. The summed E-state index contributed by atoms with van der Waals surface area (Å²) in [6.45, 7) is -0.480. The van der Waals surface area contributed by atoms with Gasteiger partial charge in [-0.3, -0.25) is 4.79 Å². The molecular formula is C20H14Cl2N2O4S3. The topological polar surface area (TPSA) is 88.3 Å². The number of ether oxygens (including phenoxy) is 1. The molecule has 0 saturated heterocycles. The van der Waals surface area contributed by atoms with E-state index in [0.717, 1.165) is 32.0 Å². The van der Waals surface area contributed by atoms with E-state index in [1.807, 2.05) is 47.3 Å². The minimum atomic E-state index is -4.09. The summed E-state index contributed by atoms with van der Waals surface area (Å²) in [4.78, 5) is 17.4. The number of benzene rings is 2. The van der Waals surface area contributed by atoms with Crippen LogP contribution in [0.2, 0.25) is 9.36 Å². The van der Waals surface area contributed by atoms with E-state index in [1.165, 1.54) is 6.07 Å². The second kappa shape index (κ2) is 9.13. The van der Waals surface area contributed by atoms with E-state index < -0.39 is 22.5 Å². The molecule has 31 heavy (non-hydrogen) atoms. The predicted octanol–water partition coefficient (Wildman–Crippen LogP) is 5.57. The molecule has 0 aliphatic rings. The lowest BCUT2D eigenvalue weighted by molar-refractivity contribution is -0.121. The van der Waals surface area contributed by atoms with Gasteiger partial charge in [0.25, 0.3) is 15.9 Å². The number of rotatable bonds is 7. The summed E-state index contributed by atoms with van der Waals surface area (Å²) < 4.78 is 32.3. The zero-order chi connectivity index (χ0) is 22.0. The Hall–Kier alpha value is -2.17. The van der Waals surface area contributed by atoms with Crippen LogP contribution in [0.25, 0.3) is 10.9 Å². The average molecular weight is 513 g/mol. The smallest absolute Gasteiger partial charge is 0.273 e. The maximum Gasteiger partial charge on any atom is 0.273 e. The van der Waals surface area contributed by atoms with Crippen molar-refractivity contribution in [3.05, 3.63) is 70.2 Å². The highest BCUT2D eigenvalue weighted by molar-refractivity contribution is 7.99. The van der Waals surface area contributed by atoms with Crippen molar-refractivity contribution in [2.45, 2.75) is 14.0 Å². The summed E-state index contributed by atoms with van der Waals surface area (Å²) in [6.07, 6.45) is 1.87. The third-order valence-corrected chi connectivity index (χ3v) is 8.86. The van der Waals surface area contributed by atoms with E-state index in [4.69, 9.17) is 27.9 Å². The fourth-order valence-corrected chi connectivity index (χ4v) is 6.60. The summed E-state index contributed by atoms with van der Waals surface area (Å²) in [5.74, 6) is -0.350. The Morgan fingerprint density at radius 3 is 2.61 bits per heavy atom. The van der Waals surface area contributed by atoms with Crippen molar-refractivity contribution >= 4 is 73.1 Å². The highest BCUT2D eigenvalue weighted by Crippen LogP contribution is 2.38. The molecule has 0 bridgehead atoms. The van der Waals surface area contributed by atoms with Gasteiger partial charge >= 0.3 is 0 Å². The monoisotopic (exact) mass is 512 g/mol. The summed E-state index contributed by atoms with van der Waals surface area (Å²) >= 11 is 13.9. The second-order valence-electron chi connectivity index (χ2n) is 6.25. The van der Waals surface area contributed by atoms with Crippen LogP contribution >= 0.6 is 46.3 Å². The number of H-pyrrole nitrogens is 1. The number of aromatic amines is 1. The SMILES string of the molecule is O=C(COc1cccc2[nH]cc(Sc3ccccc3)c12)NS(=O)(=O)c1cc(Cl)c(Cl)s1.